The molecule has 2 aromatic rings. The maximum atomic E-state index is 5.87. The molecule has 0 saturated carbocycles. The van der Waals surface area contributed by atoms with Crippen LogP contribution in [0.3, 0.4) is 0 Å². The second kappa shape index (κ2) is 6.63. The average Bonchev–Trinajstić information content (AvgIpc) is 2.94. The van der Waals surface area contributed by atoms with Gasteiger partial charge in [0, 0.05) is 63.8 Å². The first-order valence-electron chi connectivity index (χ1n) is 7.48. The van der Waals surface area contributed by atoms with Gasteiger partial charge in [-0.3, -0.25) is 0 Å². The van der Waals surface area contributed by atoms with Gasteiger partial charge in [-0.2, -0.15) is 0 Å². The monoisotopic (exact) mass is 286 g/mol. The van der Waals surface area contributed by atoms with Gasteiger partial charge in [0.15, 0.2) is 0 Å². The summed E-state index contributed by atoms with van der Waals surface area (Å²) in [6, 6.07) is 8.36. The third-order valence-corrected chi connectivity index (χ3v) is 3.82. The molecule has 1 aliphatic rings. The Bertz CT molecular complexity index is 575. The summed E-state index contributed by atoms with van der Waals surface area (Å²) >= 11 is 0. The van der Waals surface area contributed by atoms with Crippen LogP contribution in [-0.4, -0.2) is 42.3 Å². The van der Waals surface area contributed by atoms with Crippen LogP contribution in [-0.2, 0) is 13.5 Å². The summed E-state index contributed by atoms with van der Waals surface area (Å²) in [6.07, 6.45) is 4.60. The van der Waals surface area contributed by atoms with Crippen molar-refractivity contribution in [3.8, 4) is 5.75 Å². The van der Waals surface area contributed by atoms with Crippen molar-refractivity contribution >= 4 is 5.69 Å². The number of ether oxygens (including phenoxy) is 1. The molecule has 1 aromatic heterocycles. The van der Waals surface area contributed by atoms with Gasteiger partial charge in [-0.05, 0) is 12.1 Å². The maximum Gasteiger partial charge on any atom is 0.121 e. The number of benzene rings is 1. The van der Waals surface area contributed by atoms with Crippen LogP contribution in [0.5, 0.6) is 5.75 Å². The molecule has 5 nitrogen and oxygen atoms in total. The van der Waals surface area contributed by atoms with E-state index in [1.54, 1.807) is 0 Å². The third-order valence-electron chi connectivity index (χ3n) is 3.82. The van der Waals surface area contributed by atoms with Crippen LogP contribution in [0.4, 0.5) is 5.69 Å². The third kappa shape index (κ3) is 3.55. The number of piperazine rings is 1. The lowest BCUT2D eigenvalue weighted by Crippen LogP contribution is -2.43. The number of aromatic nitrogens is 2. The number of aryl methyl sites for hydroxylation is 1. The van der Waals surface area contributed by atoms with Crippen LogP contribution in [0.2, 0.25) is 0 Å². The fourth-order valence-corrected chi connectivity index (χ4v) is 2.59. The van der Waals surface area contributed by atoms with Crippen LogP contribution >= 0.6 is 0 Å². The summed E-state index contributed by atoms with van der Waals surface area (Å²) in [4.78, 5) is 6.70. The van der Waals surface area contributed by atoms with Gasteiger partial charge in [0.1, 0.15) is 11.6 Å². The molecule has 1 aliphatic heterocycles. The lowest BCUT2D eigenvalue weighted by Gasteiger charge is -2.29. The normalized spacial score (nSPS) is 15.2. The van der Waals surface area contributed by atoms with Crippen molar-refractivity contribution < 1.29 is 4.74 Å². The summed E-state index contributed by atoms with van der Waals surface area (Å²) in [7, 11) is 2.01. The van der Waals surface area contributed by atoms with Crippen LogP contribution < -0.4 is 15.0 Å². The van der Waals surface area contributed by atoms with Crippen LogP contribution in [0.25, 0.3) is 0 Å². The van der Waals surface area contributed by atoms with E-state index in [0.717, 1.165) is 44.2 Å². The summed E-state index contributed by atoms with van der Waals surface area (Å²) < 4.78 is 7.90. The quantitative estimate of drug-likeness (QED) is 0.903. The van der Waals surface area contributed by atoms with E-state index < -0.39 is 0 Å². The zero-order valence-corrected chi connectivity index (χ0v) is 12.5. The zero-order valence-electron chi connectivity index (χ0n) is 12.5. The molecule has 1 aromatic carbocycles. The molecule has 0 spiro atoms. The average molecular weight is 286 g/mol. The summed E-state index contributed by atoms with van der Waals surface area (Å²) in [5, 5.41) is 3.37. The fourth-order valence-electron chi connectivity index (χ4n) is 2.59. The summed E-state index contributed by atoms with van der Waals surface area (Å²) in [5.74, 6) is 1.98. The molecule has 1 N–H and O–H groups in total. The van der Waals surface area contributed by atoms with Crippen molar-refractivity contribution in [3.05, 3.63) is 42.5 Å². The van der Waals surface area contributed by atoms with Crippen molar-refractivity contribution in [2.45, 2.75) is 6.42 Å². The molecule has 3 rings (SSSR count). The Labute approximate surface area is 125 Å². The SMILES string of the molecule is Cn1ccnc1CCOc1cccc(N2CCNCC2)c1. The van der Waals surface area contributed by atoms with E-state index >= 15 is 0 Å². The second-order valence-electron chi connectivity index (χ2n) is 5.29. The molecule has 0 radical (unpaired) electrons. The molecule has 21 heavy (non-hydrogen) atoms. The maximum absolute atomic E-state index is 5.87. The van der Waals surface area contributed by atoms with Gasteiger partial charge in [0.05, 0.1) is 6.61 Å². The zero-order chi connectivity index (χ0) is 14.5. The van der Waals surface area contributed by atoms with E-state index in [0.29, 0.717) is 6.61 Å². The lowest BCUT2D eigenvalue weighted by atomic mass is 10.2. The number of anilines is 1. The number of rotatable bonds is 5. The Hall–Kier alpha value is -2.01. The molecule has 2 heterocycles. The number of hydrogen-bond acceptors (Lipinski definition) is 4. The Morgan fingerprint density at radius 2 is 2.14 bits per heavy atom. The number of nitrogens with one attached hydrogen (secondary N) is 1. The van der Waals surface area contributed by atoms with Crippen molar-refractivity contribution in [3.63, 3.8) is 0 Å². The number of imidazole rings is 1. The first-order valence-corrected chi connectivity index (χ1v) is 7.48. The highest BCUT2D eigenvalue weighted by Gasteiger charge is 2.10. The Morgan fingerprint density at radius 3 is 2.90 bits per heavy atom. The highest BCUT2D eigenvalue weighted by molar-refractivity contribution is 5.51. The Morgan fingerprint density at radius 1 is 1.29 bits per heavy atom. The fraction of sp³-hybridized carbons (Fsp3) is 0.438. The van der Waals surface area contributed by atoms with E-state index in [9.17, 15) is 0 Å². The first-order chi connectivity index (χ1) is 10.3. The smallest absolute Gasteiger partial charge is 0.121 e. The van der Waals surface area contributed by atoms with Gasteiger partial charge in [0.25, 0.3) is 0 Å². The van der Waals surface area contributed by atoms with Gasteiger partial charge in [-0.25, -0.2) is 4.98 Å². The Balaban J connectivity index is 1.57. The van der Waals surface area contributed by atoms with Crippen molar-refractivity contribution in [1.82, 2.24) is 14.9 Å². The van der Waals surface area contributed by atoms with Crippen molar-refractivity contribution in [2.24, 2.45) is 7.05 Å². The van der Waals surface area contributed by atoms with Crippen LogP contribution in [0.1, 0.15) is 5.82 Å². The minimum atomic E-state index is 0.649. The van der Waals surface area contributed by atoms with E-state index in [-0.39, 0.29) is 0 Å². The van der Waals surface area contributed by atoms with Crippen LogP contribution in [0, 0.1) is 0 Å². The molecule has 0 aliphatic carbocycles. The van der Waals surface area contributed by atoms with E-state index in [4.69, 9.17) is 4.74 Å². The molecule has 0 bridgehead atoms. The molecular weight excluding hydrogens is 264 g/mol. The molecule has 0 unspecified atom stereocenters. The minimum Gasteiger partial charge on any atom is -0.493 e. The van der Waals surface area contributed by atoms with E-state index in [1.807, 2.05) is 30.1 Å². The molecule has 0 atom stereocenters. The molecule has 112 valence electrons. The van der Waals surface area contributed by atoms with E-state index in [2.05, 4.69) is 33.4 Å². The predicted octanol–water partition coefficient (Wildman–Crippen LogP) is 1.45. The molecule has 1 saturated heterocycles. The number of hydrogen-bond donors (Lipinski definition) is 1. The minimum absolute atomic E-state index is 0.649. The first kappa shape index (κ1) is 13.9. The molecular formula is C16H22N4O. The molecule has 5 heteroatoms. The standard InChI is InChI=1S/C16H22N4O/c1-19-9-8-18-16(19)5-12-21-15-4-2-3-14(13-15)20-10-6-17-7-11-20/h2-4,8-9,13,17H,5-7,10-12H2,1H3. The summed E-state index contributed by atoms with van der Waals surface area (Å²) in [6.45, 7) is 4.85. The van der Waals surface area contributed by atoms with Gasteiger partial charge < -0.3 is 19.5 Å². The van der Waals surface area contributed by atoms with Gasteiger partial charge >= 0.3 is 0 Å². The predicted molar refractivity (Wildman–Crippen MR) is 83.9 cm³/mol. The van der Waals surface area contributed by atoms with Gasteiger partial charge in [0.2, 0.25) is 0 Å². The van der Waals surface area contributed by atoms with E-state index in [1.165, 1.54) is 5.69 Å². The van der Waals surface area contributed by atoms with Crippen molar-refractivity contribution in [2.75, 3.05) is 37.7 Å². The summed E-state index contributed by atoms with van der Waals surface area (Å²) in [5.41, 5.74) is 1.24. The van der Waals surface area contributed by atoms with Crippen molar-refractivity contribution in [1.29, 1.82) is 0 Å². The van der Waals surface area contributed by atoms with Gasteiger partial charge in [-0.1, -0.05) is 6.07 Å². The second-order valence-corrected chi connectivity index (χ2v) is 5.29. The largest absolute Gasteiger partial charge is 0.493 e. The Kier molecular flexibility index (Phi) is 4.40. The van der Waals surface area contributed by atoms with Gasteiger partial charge in [-0.15, -0.1) is 0 Å². The molecule has 0 amide bonds. The van der Waals surface area contributed by atoms with Crippen LogP contribution in [0.15, 0.2) is 36.7 Å². The topological polar surface area (TPSA) is 42.3 Å². The molecule has 1 fully saturated rings. The number of nitrogens with zero attached hydrogens (tertiary/aromatic N) is 3. The highest BCUT2D eigenvalue weighted by atomic mass is 16.5. The lowest BCUT2D eigenvalue weighted by molar-refractivity contribution is 0.317. The highest BCUT2D eigenvalue weighted by Crippen LogP contribution is 2.21.